The van der Waals surface area contributed by atoms with Crippen molar-refractivity contribution < 1.29 is 0 Å². The zero-order chi connectivity index (χ0) is 10.7. The molecule has 0 aliphatic heterocycles. The van der Waals surface area contributed by atoms with Crippen LogP contribution in [0.25, 0.3) is 0 Å². The smallest absolute Gasteiger partial charge is 0.0926 e. The number of thiazole rings is 1. The first-order valence-corrected chi connectivity index (χ1v) is 5.97. The van der Waals surface area contributed by atoms with Gasteiger partial charge in [0.05, 0.1) is 17.2 Å². The number of rotatable bonds is 4. The van der Waals surface area contributed by atoms with E-state index >= 15 is 0 Å². The maximum atomic E-state index is 5.56. The van der Waals surface area contributed by atoms with Crippen LogP contribution in [0.15, 0.2) is 23.8 Å². The van der Waals surface area contributed by atoms with Crippen molar-refractivity contribution in [2.75, 3.05) is 0 Å². The molecule has 2 rings (SSSR count). The Balaban J connectivity index is 2.07. The van der Waals surface area contributed by atoms with Gasteiger partial charge in [0.2, 0.25) is 0 Å². The molecule has 0 aliphatic carbocycles. The van der Waals surface area contributed by atoms with Crippen molar-refractivity contribution in [1.82, 2.24) is 9.55 Å². The predicted molar refractivity (Wildman–Crippen MR) is 62.9 cm³/mol. The summed E-state index contributed by atoms with van der Waals surface area (Å²) in [5, 5.41) is 3.33. The Bertz CT molecular complexity index is 390. The molecule has 0 unspecified atom stereocenters. The highest BCUT2D eigenvalue weighted by atomic mass is 32.1. The second kappa shape index (κ2) is 4.59. The van der Waals surface area contributed by atoms with Crippen LogP contribution in [0.3, 0.4) is 0 Å². The fourth-order valence-corrected chi connectivity index (χ4v) is 2.22. The zero-order valence-electron chi connectivity index (χ0n) is 8.81. The Labute approximate surface area is 93.6 Å². The molecule has 0 aromatic carbocycles. The Morgan fingerprint density at radius 2 is 2.40 bits per heavy atom. The van der Waals surface area contributed by atoms with E-state index in [4.69, 9.17) is 5.73 Å². The molecule has 0 saturated carbocycles. The van der Waals surface area contributed by atoms with Gasteiger partial charge in [-0.15, -0.1) is 11.3 Å². The SMILES string of the molecule is CCc1nc(Cn2ccc(CN)c2)cs1. The molecule has 4 heteroatoms. The van der Waals surface area contributed by atoms with Gasteiger partial charge in [0, 0.05) is 24.3 Å². The fraction of sp³-hybridized carbons (Fsp3) is 0.364. The minimum absolute atomic E-state index is 0.601. The van der Waals surface area contributed by atoms with Crippen LogP contribution in [0.5, 0.6) is 0 Å². The second-order valence-corrected chi connectivity index (χ2v) is 4.42. The number of aromatic nitrogens is 2. The zero-order valence-corrected chi connectivity index (χ0v) is 9.63. The molecule has 0 saturated heterocycles. The van der Waals surface area contributed by atoms with Gasteiger partial charge in [-0.25, -0.2) is 4.98 Å². The minimum Gasteiger partial charge on any atom is -0.348 e. The summed E-state index contributed by atoms with van der Waals surface area (Å²) >= 11 is 1.73. The standard InChI is InChI=1S/C11H15N3S/c1-2-11-13-10(8-15-11)7-14-4-3-9(5-12)6-14/h3-4,6,8H,2,5,7,12H2,1H3. The van der Waals surface area contributed by atoms with Gasteiger partial charge in [-0.2, -0.15) is 0 Å². The summed E-state index contributed by atoms with van der Waals surface area (Å²) in [6, 6.07) is 2.05. The van der Waals surface area contributed by atoms with E-state index in [2.05, 4.69) is 28.1 Å². The van der Waals surface area contributed by atoms with Crippen molar-refractivity contribution in [1.29, 1.82) is 0 Å². The summed E-state index contributed by atoms with van der Waals surface area (Å²) in [5.74, 6) is 0. The molecule has 0 atom stereocenters. The Hall–Kier alpha value is -1.13. The number of hydrogen-bond acceptors (Lipinski definition) is 3. The topological polar surface area (TPSA) is 43.8 Å². The largest absolute Gasteiger partial charge is 0.348 e. The van der Waals surface area contributed by atoms with Gasteiger partial charge in [-0.05, 0) is 18.1 Å². The second-order valence-electron chi connectivity index (χ2n) is 3.48. The lowest BCUT2D eigenvalue weighted by Crippen LogP contribution is -1.98. The Morgan fingerprint density at radius 1 is 1.53 bits per heavy atom. The van der Waals surface area contributed by atoms with Crippen molar-refractivity contribution in [3.8, 4) is 0 Å². The summed E-state index contributed by atoms with van der Waals surface area (Å²) in [6.45, 7) is 3.57. The predicted octanol–water partition coefficient (Wildman–Crippen LogP) is 2.01. The van der Waals surface area contributed by atoms with E-state index in [0.717, 1.165) is 18.7 Å². The highest BCUT2D eigenvalue weighted by Crippen LogP contribution is 2.12. The van der Waals surface area contributed by atoms with Crippen LogP contribution < -0.4 is 5.73 Å². The van der Waals surface area contributed by atoms with Gasteiger partial charge in [-0.1, -0.05) is 6.92 Å². The van der Waals surface area contributed by atoms with E-state index < -0.39 is 0 Å². The molecule has 0 amide bonds. The first-order chi connectivity index (χ1) is 7.31. The number of nitrogens with two attached hydrogens (primary N) is 1. The lowest BCUT2D eigenvalue weighted by molar-refractivity contribution is 0.778. The molecule has 0 fully saturated rings. The fourth-order valence-electron chi connectivity index (χ4n) is 1.48. The number of aryl methyl sites for hydroxylation is 1. The molecule has 2 aromatic rings. The first-order valence-electron chi connectivity index (χ1n) is 5.10. The van der Waals surface area contributed by atoms with Gasteiger partial charge in [0.25, 0.3) is 0 Å². The van der Waals surface area contributed by atoms with Crippen molar-refractivity contribution in [3.05, 3.63) is 40.1 Å². The first kappa shape index (κ1) is 10.4. The molecule has 0 spiro atoms. The maximum absolute atomic E-state index is 5.56. The minimum atomic E-state index is 0.601. The molecule has 15 heavy (non-hydrogen) atoms. The molecular weight excluding hydrogens is 206 g/mol. The summed E-state index contributed by atoms with van der Waals surface area (Å²) in [6.07, 6.45) is 5.14. The average Bonchev–Trinajstić information content (AvgIpc) is 2.87. The van der Waals surface area contributed by atoms with Crippen LogP contribution >= 0.6 is 11.3 Å². The van der Waals surface area contributed by atoms with Gasteiger partial charge in [0.1, 0.15) is 0 Å². The highest BCUT2D eigenvalue weighted by molar-refractivity contribution is 7.09. The van der Waals surface area contributed by atoms with Crippen LogP contribution in [0.4, 0.5) is 0 Å². The van der Waals surface area contributed by atoms with E-state index in [1.54, 1.807) is 11.3 Å². The summed E-state index contributed by atoms with van der Waals surface area (Å²) in [4.78, 5) is 4.53. The molecule has 0 radical (unpaired) electrons. The van der Waals surface area contributed by atoms with E-state index in [-0.39, 0.29) is 0 Å². The molecule has 0 bridgehead atoms. The normalized spacial score (nSPS) is 10.8. The Morgan fingerprint density at radius 3 is 3.00 bits per heavy atom. The van der Waals surface area contributed by atoms with E-state index in [0.29, 0.717) is 6.54 Å². The van der Waals surface area contributed by atoms with Crippen LogP contribution in [-0.2, 0) is 19.5 Å². The molecule has 3 nitrogen and oxygen atoms in total. The summed E-state index contributed by atoms with van der Waals surface area (Å²) < 4.78 is 2.12. The van der Waals surface area contributed by atoms with Gasteiger partial charge >= 0.3 is 0 Å². The van der Waals surface area contributed by atoms with Crippen molar-refractivity contribution in [2.45, 2.75) is 26.4 Å². The summed E-state index contributed by atoms with van der Waals surface area (Å²) in [5.41, 5.74) is 7.86. The number of hydrogen-bond donors (Lipinski definition) is 1. The van der Waals surface area contributed by atoms with Gasteiger partial charge in [0.15, 0.2) is 0 Å². The number of nitrogens with zero attached hydrogens (tertiary/aromatic N) is 2. The summed E-state index contributed by atoms with van der Waals surface area (Å²) in [7, 11) is 0. The van der Waals surface area contributed by atoms with Crippen LogP contribution in [0.1, 0.15) is 23.2 Å². The monoisotopic (exact) mass is 221 g/mol. The molecule has 2 N–H and O–H groups in total. The maximum Gasteiger partial charge on any atom is 0.0926 e. The van der Waals surface area contributed by atoms with Crippen molar-refractivity contribution >= 4 is 11.3 Å². The van der Waals surface area contributed by atoms with Crippen molar-refractivity contribution in [3.63, 3.8) is 0 Å². The molecule has 80 valence electrons. The van der Waals surface area contributed by atoms with Crippen LogP contribution in [0, 0.1) is 0 Å². The third kappa shape index (κ3) is 2.46. The third-order valence-corrected chi connectivity index (χ3v) is 3.34. The lowest BCUT2D eigenvalue weighted by Gasteiger charge is -1.98. The lowest BCUT2D eigenvalue weighted by atomic mass is 10.3. The van der Waals surface area contributed by atoms with E-state index in [9.17, 15) is 0 Å². The molecule has 2 aromatic heterocycles. The molecule has 0 aliphatic rings. The van der Waals surface area contributed by atoms with Gasteiger partial charge in [-0.3, -0.25) is 0 Å². The van der Waals surface area contributed by atoms with Crippen molar-refractivity contribution in [2.24, 2.45) is 5.73 Å². The molecular formula is C11H15N3S. The highest BCUT2D eigenvalue weighted by Gasteiger charge is 2.01. The van der Waals surface area contributed by atoms with Crippen LogP contribution in [-0.4, -0.2) is 9.55 Å². The van der Waals surface area contributed by atoms with Crippen LogP contribution in [0.2, 0.25) is 0 Å². The van der Waals surface area contributed by atoms with Gasteiger partial charge < -0.3 is 10.3 Å². The third-order valence-electron chi connectivity index (χ3n) is 2.29. The Kier molecular flexibility index (Phi) is 3.18. The molecule has 2 heterocycles. The van der Waals surface area contributed by atoms with E-state index in [1.807, 2.05) is 12.3 Å². The quantitative estimate of drug-likeness (QED) is 0.858. The van der Waals surface area contributed by atoms with E-state index in [1.165, 1.54) is 10.6 Å². The average molecular weight is 221 g/mol.